The highest BCUT2D eigenvalue weighted by Crippen LogP contribution is 2.28. The topological polar surface area (TPSA) is 55.6 Å². The Labute approximate surface area is 115 Å². The largest absolute Gasteiger partial charge is 0.496 e. The molecule has 1 rings (SSSR count). The number of carbonyl (C=O) groups excluding carboxylic acids is 1. The van der Waals surface area contributed by atoms with Crippen LogP contribution in [-0.4, -0.2) is 26.6 Å². The SMILES string of the molecule is COc1ccc(N(C)C(=O)C(C)(C)CCN)cc1C. The smallest absolute Gasteiger partial charge is 0.232 e. The van der Waals surface area contributed by atoms with E-state index < -0.39 is 5.41 Å². The van der Waals surface area contributed by atoms with Gasteiger partial charge in [0.1, 0.15) is 5.75 Å². The third-order valence-corrected chi connectivity index (χ3v) is 3.42. The fraction of sp³-hybridized carbons (Fsp3) is 0.533. The quantitative estimate of drug-likeness (QED) is 0.888. The molecule has 1 aromatic carbocycles. The van der Waals surface area contributed by atoms with Gasteiger partial charge >= 0.3 is 0 Å². The van der Waals surface area contributed by atoms with Crippen LogP contribution in [0.5, 0.6) is 5.75 Å². The first-order valence-electron chi connectivity index (χ1n) is 6.46. The van der Waals surface area contributed by atoms with Gasteiger partial charge in [-0.2, -0.15) is 0 Å². The summed E-state index contributed by atoms with van der Waals surface area (Å²) in [7, 11) is 3.43. The molecule has 4 heteroatoms. The second-order valence-corrected chi connectivity index (χ2v) is 5.44. The number of amides is 1. The van der Waals surface area contributed by atoms with Crippen molar-refractivity contribution in [2.75, 3.05) is 25.6 Å². The van der Waals surface area contributed by atoms with Crippen molar-refractivity contribution in [3.8, 4) is 5.75 Å². The lowest BCUT2D eigenvalue weighted by Crippen LogP contribution is -2.39. The van der Waals surface area contributed by atoms with E-state index in [0.717, 1.165) is 17.0 Å². The van der Waals surface area contributed by atoms with Crippen LogP contribution in [0.3, 0.4) is 0 Å². The van der Waals surface area contributed by atoms with Crippen molar-refractivity contribution < 1.29 is 9.53 Å². The molecule has 0 spiro atoms. The maximum Gasteiger partial charge on any atom is 0.232 e. The molecule has 0 heterocycles. The molecule has 4 nitrogen and oxygen atoms in total. The minimum absolute atomic E-state index is 0.0718. The maximum absolute atomic E-state index is 12.5. The normalized spacial score (nSPS) is 11.3. The molecule has 0 aliphatic carbocycles. The lowest BCUT2D eigenvalue weighted by Gasteiger charge is -2.29. The maximum atomic E-state index is 12.5. The molecular formula is C15H24N2O2. The Morgan fingerprint density at radius 2 is 2.05 bits per heavy atom. The number of rotatable bonds is 5. The van der Waals surface area contributed by atoms with E-state index in [2.05, 4.69) is 0 Å². The third-order valence-electron chi connectivity index (χ3n) is 3.42. The van der Waals surface area contributed by atoms with E-state index >= 15 is 0 Å². The van der Waals surface area contributed by atoms with Crippen molar-refractivity contribution in [3.63, 3.8) is 0 Å². The van der Waals surface area contributed by atoms with Gasteiger partial charge in [-0.1, -0.05) is 13.8 Å². The minimum atomic E-state index is -0.447. The summed E-state index contributed by atoms with van der Waals surface area (Å²) < 4.78 is 5.23. The van der Waals surface area contributed by atoms with E-state index in [9.17, 15) is 4.79 Å². The number of methoxy groups -OCH3 is 1. The van der Waals surface area contributed by atoms with E-state index in [0.29, 0.717) is 13.0 Å². The van der Waals surface area contributed by atoms with Gasteiger partial charge in [-0.15, -0.1) is 0 Å². The first-order valence-corrected chi connectivity index (χ1v) is 6.46. The first kappa shape index (κ1) is 15.5. The standard InChI is InChI=1S/C15H24N2O2/c1-11-10-12(6-7-13(11)19-5)17(4)14(18)15(2,3)8-9-16/h6-7,10H,8-9,16H2,1-5H3. The van der Waals surface area contributed by atoms with Crippen molar-refractivity contribution in [3.05, 3.63) is 23.8 Å². The number of anilines is 1. The van der Waals surface area contributed by atoms with Crippen LogP contribution in [0.2, 0.25) is 0 Å². The van der Waals surface area contributed by atoms with Crippen molar-refractivity contribution in [2.45, 2.75) is 27.2 Å². The number of hydrogen-bond acceptors (Lipinski definition) is 3. The fourth-order valence-corrected chi connectivity index (χ4v) is 2.11. The average molecular weight is 264 g/mol. The molecule has 0 saturated heterocycles. The molecule has 0 bridgehead atoms. The van der Waals surface area contributed by atoms with Gasteiger partial charge in [0.05, 0.1) is 7.11 Å². The van der Waals surface area contributed by atoms with Crippen LogP contribution in [0.4, 0.5) is 5.69 Å². The highest BCUT2D eigenvalue weighted by Gasteiger charge is 2.30. The van der Waals surface area contributed by atoms with Gasteiger partial charge < -0.3 is 15.4 Å². The first-order chi connectivity index (χ1) is 8.83. The van der Waals surface area contributed by atoms with E-state index in [4.69, 9.17) is 10.5 Å². The van der Waals surface area contributed by atoms with Crippen molar-refractivity contribution >= 4 is 11.6 Å². The predicted octanol–water partition coefficient (Wildman–Crippen LogP) is 2.34. The molecule has 2 N–H and O–H groups in total. The molecule has 0 aromatic heterocycles. The van der Waals surface area contributed by atoms with Crippen molar-refractivity contribution in [2.24, 2.45) is 11.1 Å². The molecule has 0 aliphatic heterocycles. The number of carbonyl (C=O) groups is 1. The number of ether oxygens (including phenoxy) is 1. The highest BCUT2D eigenvalue weighted by atomic mass is 16.5. The molecule has 0 atom stereocenters. The van der Waals surface area contributed by atoms with Gasteiger partial charge in [-0.05, 0) is 43.7 Å². The predicted molar refractivity (Wildman–Crippen MR) is 78.6 cm³/mol. The van der Waals surface area contributed by atoms with E-state index in [1.807, 2.05) is 39.0 Å². The summed E-state index contributed by atoms with van der Waals surface area (Å²) in [6, 6.07) is 5.72. The second kappa shape index (κ2) is 6.06. The van der Waals surface area contributed by atoms with Gasteiger partial charge in [-0.25, -0.2) is 0 Å². The van der Waals surface area contributed by atoms with E-state index in [-0.39, 0.29) is 5.91 Å². The average Bonchev–Trinajstić information content (AvgIpc) is 2.36. The molecule has 0 fully saturated rings. The van der Waals surface area contributed by atoms with Crippen LogP contribution in [0, 0.1) is 12.3 Å². The number of aryl methyl sites for hydroxylation is 1. The molecular weight excluding hydrogens is 240 g/mol. The van der Waals surface area contributed by atoms with E-state index in [1.54, 1.807) is 19.1 Å². The van der Waals surface area contributed by atoms with Crippen LogP contribution in [0.15, 0.2) is 18.2 Å². The number of benzene rings is 1. The molecule has 1 amide bonds. The molecule has 19 heavy (non-hydrogen) atoms. The summed E-state index contributed by atoms with van der Waals surface area (Å²) in [5.74, 6) is 0.897. The number of nitrogens with two attached hydrogens (primary N) is 1. The summed E-state index contributed by atoms with van der Waals surface area (Å²) in [6.45, 7) is 6.32. The van der Waals surface area contributed by atoms with Gasteiger partial charge in [0.2, 0.25) is 5.91 Å². The van der Waals surface area contributed by atoms with Crippen LogP contribution in [0.1, 0.15) is 25.8 Å². The van der Waals surface area contributed by atoms with Crippen molar-refractivity contribution in [1.82, 2.24) is 0 Å². The van der Waals surface area contributed by atoms with Gasteiger partial charge in [0.25, 0.3) is 0 Å². The molecule has 106 valence electrons. The van der Waals surface area contributed by atoms with Gasteiger partial charge in [0, 0.05) is 18.2 Å². The molecule has 0 radical (unpaired) electrons. The zero-order valence-electron chi connectivity index (χ0n) is 12.5. The lowest BCUT2D eigenvalue weighted by molar-refractivity contribution is -0.126. The Morgan fingerprint density at radius 1 is 1.42 bits per heavy atom. The second-order valence-electron chi connectivity index (χ2n) is 5.44. The molecule has 0 unspecified atom stereocenters. The Morgan fingerprint density at radius 3 is 2.53 bits per heavy atom. The van der Waals surface area contributed by atoms with Crippen molar-refractivity contribution in [1.29, 1.82) is 0 Å². The Kier molecular flexibility index (Phi) is 4.95. The Hall–Kier alpha value is -1.55. The van der Waals surface area contributed by atoms with Crippen LogP contribution < -0.4 is 15.4 Å². The fourth-order valence-electron chi connectivity index (χ4n) is 2.11. The summed E-state index contributed by atoms with van der Waals surface area (Å²) in [4.78, 5) is 14.1. The van der Waals surface area contributed by atoms with Crippen LogP contribution in [0.25, 0.3) is 0 Å². The molecule has 0 saturated carbocycles. The Balaban J connectivity index is 2.97. The summed E-state index contributed by atoms with van der Waals surface area (Å²) in [5, 5.41) is 0. The molecule has 1 aromatic rings. The monoisotopic (exact) mass is 264 g/mol. The van der Waals surface area contributed by atoms with E-state index in [1.165, 1.54) is 0 Å². The zero-order valence-corrected chi connectivity index (χ0v) is 12.5. The molecule has 0 aliphatic rings. The number of nitrogens with zero attached hydrogens (tertiary/aromatic N) is 1. The zero-order chi connectivity index (χ0) is 14.6. The van der Waals surface area contributed by atoms with Gasteiger partial charge in [-0.3, -0.25) is 4.79 Å². The lowest BCUT2D eigenvalue weighted by atomic mass is 9.87. The van der Waals surface area contributed by atoms with Crippen LogP contribution in [-0.2, 0) is 4.79 Å². The summed E-state index contributed by atoms with van der Waals surface area (Å²) in [6.07, 6.45) is 0.672. The summed E-state index contributed by atoms with van der Waals surface area (Å²) >= 11 is 0. The third kappa shape index (κ3) is 3.47. The highest BCUT2D eigenvalue weighted by molar-refractivity contribution is 5.96. The minimum Gasteiger partial charge on any atom is -0.496 e. The Bertz CT molecular complexity index is 455. The van der Waals surface area contributed by atoms with Gasteiger partial charge in [0.15, 0.2) is 0 Å². The van der Waals surface area contributed by atoms with Crippen LogP contribution >= 0.6 is 0 Å². The summed E-state index contributed by atoms with van der Waals surface area (Å²) in [5.41, 5.74) is 7.00. The number of hydrogen-bond donors (Lipinski definition) is 1.